The lowest BCUT2D eigenvalue weighted by molar-refractivity contribution is 0.160. The number of nitrogens with zero attached hydrogens (tertiary/aromatic N) is 2. The number of benzene rings is 1. The third-order valence-corrected chi connectivity index (χ3v) is 4.76. The van der Waals surface area contributed by atoms with E-state index in [1.807, 2.05) is 6.92 Å². The molecule has 1 amide bonds. The molecule has 0 saturated carbocycles. The Labute approximate surface area is 141 Å². The number of phenolic OH excluding ortho intramolecular Hbond substituents is 2. The summed E-state index contributed by atoms with van der Waals surface area (Å²) in [5, 5.41) is 30.2. The van der Waals surface area contributed by atoms with Crippen molar-refractivity contribution in [1.29, 1.82) is 0 Å². The highest BCUT2D eigenvalue weighted by Crippen LogP contribution is 2.39. The number of unbranched alkanes of at least 4 members (excludes halogenated alkanes) is 1. The van der Waals surface area contributed by atoms with Crippen molar-refractivity contribution in [2.45, 2.75) is 35.9 Å². The van der Waals surface area contributed by atoms with Gasteiger partial charge in [-0.3, -0.25) is 5.32 Å². The Balaban J connectivity index is 1.97. The van der Waals surface area contributed by atoms with Crippen molar-refractivity contribution in [2.75, 3.05) is 11.9 Å². The van der Waals surface area contributed by atoms with Crippen molar-refractivity contribution in [2.24, 2.45) is 0 Å². The molecule has 0 aliphatic heterocycles. The van der Waals surface area contributed by atoms with Gasteiger partial charge in [-0.1, -0.05) is 36.4 Å². The fraction of sp³-hybridized carbons (Fsp3) is 0.357. The Hall–Kier alpha value is -2.00. The zero-order chi connectivity index (χ0) is 16.8. The maximum absolute atomic E-state index is 11.5. The van der Waals surface area contributed by atoms with Gasteiger partial charge in [-0.2, -0.15) is 0 Å². The van der Waals surface area contributed by atoms with Gasteiger partial charge in [0.2, 0.25) is 5.13 Å². The van der Waals surface area contributed by atoms with Crippen molar-refractivity contribution in [3.05, 3.63) is 17.7 Å². The van der Waals surface area contributed by atoms with Crippen LogP contribution in [0.1, 0.15) is 25.3 Å². The van der Waals surface area contributed by atoms with Crippen LogP contribution in [-0.2, 0) is 4.74 Å². The third kappa shape index (κ3) is 5.00. The first-order chi connectivity index (χ1) is 11.0. The number of carbonyl (C=O) groups is 1. The Morgan fingerprint density at radius 1 is 1.35 bits per heavy atom. The molecule has 0 aliphatic carbocycles. The minimum Gasteiger partial charge on any atom is -0.508 e. The maximum atomic E-state index is 11.5. The first-order valence-electron chi connectivity index (χ1n) is 6.97. The predicted molar refractivity (Wildman–Crippen MR) is 88.4 cm³/mol. The molecule has 0 unspecified atom stereocenters. The van der Waals surface area contributed by atoms with E-state index in [1.165, 1.54) is 12.1 Å². The van der Waals surface area contributed by atoms with Gasteiger partial charge in [0.15, 0.2) is 4.34 Å². The lowest BCUT2D eigenvalue weighted by atomic mass is 10.2. The first-order valence-corrected chi connectivity index (χ1v) is 8.60. The van der Waals surface area contributed by atoms with Crippen LogP contribution in [0.15, 0.2) is 21.4 Å². The average molecular weight is 355 g/mol. The molecule has 0 bridgehead atoms. The van der Waals surface area contributed by atoms with Crippen LogP contribution in [0, 0.1) is 6.92 Å². The Kier molecular flexibility index (Phi) is 6.05. The molecule has 2 rings (SSSR count). The molecule has 7 nitrogen and oxygen atoms in total. The number of phenols is 2. The van der Waals surface area contributed by atoms with Crippen LogP contribution in [-0.4, -0.2) is 33.1 Å². The lowest BCUT2D eigenvalue weighted by Crippen LogP contribution is -2.14. The molecule has 0 aliphatic rings. The number of aromatic nitrogens is 2. The molecule has 124 valence electrons. The molecule has 3 N–H and O–H groups in total. The van der Waals surface area contributed by atoms with Gasteiger partial charge < -0.3 is 14.9 Å². The maximum Gasteiger partial charge on any atom is 0.413 e. The second-order valence-electron chi connectivity index (χ2n) is 4.70. The molecular weight excluding hydrogens is 338 g/mol. The quantitative estimate of drug-likeness (QED) is 0.412. The summed E-state index contributed by atoms with van der Waals surface area (Å²) in [6.07, 6.45) is 1.18. The number of carbonyl (C=O) groups excluding carboxylic acids is 1. The molecule has 0 fully saturated rings. The van der Waals surface area contributed by atoms with E-state index in [9.17, 15) is 15.0 Å². The van der Waals surface area contributed by atoms with Gasteiger partial charge in [0, 0.05) is 0 Å². The summed E-state index contributed by atoms with van der Waals surface area (Å²) >= 11 is 2.30. The molecule has 0 radical (unpaired) electrons. The van der Waals surface area contributed by atoms with Crippen molar-refractivity contribution in [3.63, 3.8) is 0 Å². The van der Waals surface area contributed by atoms with E-state index in [0.717, 1.165) is 35.9 Å². The molecule has 1 aromatic carbocycles. The zero-order valence-electron chi connectivity index (χ0n) is 12.7. The minimum atomic E-state index is -0.568. The van der Waals surface area contributed by atoms with Crippen LogP contribution >= 0.6 is 23.1 Å². The van der Waals surface area contributed by atoms with Gasteiger partial charge in [-0.05, 0) is 31.0 Å². The first kappa shape index (κ1) is 17.4. The number of ether oxygens (including phenoxy) is 1. The standard InChI is InChI=1S/C14H17N3O4S2/c1-3-4-5-21-13(20)15-12-16-17-14(23-12)22-11-7-9(18)8(2)6-10(11)19/h6-7,18-19H,3-5H2,1-2H3,(H,15,16,20). The van der Waals surface area contributed by atoms with E-state index in [2.05, 4.69) is 15.5 Å². The summed E-state index contributed by atoms with van der Waals surface area (Å²) in [4.78, 5) is 12.0. The van der Waals surface area contributed by atoms with E-state index in [-0.39, 0.29) is 11.5 Å². The zero-order valence-corrected chi connectivity index (χ0v) is 14.3. The molecule has 0 atom stereocenters. The highest BCUT2D eigenvalue weighted by Gasteiger charge is 2.13. The monoisotopic (exact) mass is 355 g/mol. The lowest BCUT2D eigenvalue weighted by Gasteiger charge is -2.05. The summed E-state index contributed by atoms with van der Waals surface area (Å²) in [5.41, 5.74) is 0.585. The number of aromatic hydroxyl groups is 2. The second-order valence-corrected chi connectivity index (χ2v) is 6.96. The van der Waals surface area contributed by atoms with Crippen molar-refractivity contribution >= 4 is 34.3 Å². The van der Waals surface area contributed by atoms with Crippen LogP contribution in [0.4, 0.5) is 9.93 Å². The van der Waals surface area contributed by atoms with Gasteiger partial charge in [0.25, 0.3) is 0 Å². The van der Waals surface area contributed by atoms with Gasteiger partial charge >= 0.3 is 6.09 Å². The van der Waals surface area contributed by atoms with Crippen LogP contribution in [0.25, 0.3) is 0 Å². The number of hydrogen-bond donors (Lipinski definition) is 3. The van der Waals surface area contributed by atoms with Crippen molar-refractivity contribution in [1.82, 2.24) is 10.2 Å². The summed E-state index contributed by atoms with van der Waals surface area (Å²) in [6.45, 7) is 4.06. The fourth-order valence-corrected chi connectivity index (χ4v) is 3.31. The molecule has 1 aromatic heterocycles. The molecule has 2 aromatic rings. The third-order valence-electron chi connectivity index (χ3n) is 2.82. The number of aryl methyl sites for hydroxylation is 1. The van der Waals surface area contributed by atoms with Crippen LogP contribution in [0.5, 0.6) is 11.5 Å². The number of anilines is 1. The van der Waals surface area contributed by atoms with Gasteiger partial charge in [-0.15, -0.1) is 10.2 Å². The summed E-state index contributed by atoms with van der Waals surface area (Å²) in [6, 6.07) is 2.94. The minimum absolute atomic E-state index is 0.0500. The smallest absolute Gasteiger partial charge is 0.413 e. The topological polar surface area (TPSA) is 105 Å². The Bertz CT molecular complexity index is 691. The molecule has 1 heterocycles. The summed E-state index contributed by atoms with van der Waals surface area (Å²) in [5.74, 6) is 0.140. The number of hydrogen-bond acceptors (Lipinski definition) is 8. The number of amides is 1. The normalized spacial score (nSPS) is 10.5. The highest BCUT2D eigenvalue weighted by atomic mass is 32.2. The van der Waals surface area contributed by atoms with Crippen molar-refractivity contribution in [3.8, 4) is 11.5 Å². The molecular formula is C14H17N3O4S2. The van der Waals surface area contributed by atoms with E-state index in [0.29, 0.717) is 26.5 Å². The van der Waals surface area contributed by atoms with Gasteiger partial charge in [0.05, 0.1) is 11.5 Å². The summed E-state index contributed by atoms with van der Waals surface area (Å²) in [7, 11) is 0. The van der Waals surface area contributed by atoms with E-state index < -0.39 is 6.09 Å². The number of nitrogens with one attached hydrogen (secondary N) is 1. The average Bonchev–Trinajstić information content (AvgIpc) is 2.92. The second kappa shape index (κ2) is 8.02. The molecule has 9 heteroatoms. The predicted octanol–water partition coefficient (Wildman–Crippen LogP) is 3.76. The van der Waals surface area contributed by atoms with E-state index in [1.54, 1.807) is 6.92 Å². The van der Waals surface area contributed by atoms with Crippen LogP contribution in [0.3, 0.4) is 0 Å². The Morgan fingerprint density at radius 2 is 2.13 bits per heavy atom. The largest absolute Gasteiger partial charge is 0.508 e. The molecule has 23 heavy (non-hydrogen) atoms. The summed E-state index contributed by atoms with van der Waals surface area (Å²) < 4.78 is 5.49. The van der Waals surface area contributed by atoms with Crippen molar-refractivity contribution < 1.29 is 19.7 Å². The fourth-order valence-electron chi connectivity index (χ4n) is 1.57. The Morgan fingerprint density at radius 3 is 2.87 bits per heavy atom. The van der Waals surface area contributed by atoms with Gasteiger partial charge in [-0.25, -0.2) is 4.79 Å². The highest BCUT2D eigenvalue weighted by molar-refractivity contribution is 8.01. The van der Waals surface area contributed by atoms with E-state index >= 15 is 0 Å². The van der Waals surface area contributed by atoms with E-state index in [4.69, 9.17) is 4.74 Å². The number of rotatable bonds is 6. The van der Waals surface area contributed by atoms with Crippen LogP contribution < -0.4 is 5.32 Å². The van der Waals surface area contributed by atoms with Crippen LogP contribution in [0.2, 0.25) is 0 Å². The molecule has 0 saturated heterocycles. The van der Waals surface area contributed by atoms with Gasteiger partial charge in [0.1, 0.15) is 11.5 Å². The SMILES string of the molecule is CCCCOC(=O)Nc1nnc(Sc2cc(O)c(C)cc2O)s1. The molecule has 0 spiro atoms.